The van der Waals surface area contributed by atoms with E-state index in [9.17, 15) is 18.0 Å². The van der Waals surface area contributed by atoms with Crippen LogP contribution in [0.15, 0.2) is 39.7 Å². The Bertz CT molecular complexity index is 1240. The van der Waals surface area contributed by atoms with E-state index < -0.39 is 9.84 Å². The maximum absolute atomic E-state index is 13.3. The zero-order valence-corrected chi connectivity index (χ0v) is 20.8. The van der Waals surface area contributed by atoms with Gasteiger partial charge in [0, 0.05) is 29.0 Å². The second-order valence-electron chi connectivity index (χ2n) is 9.19. The summed E-state index contributed by atoms with van der Waals surface area (Å²) in [6.07, 6.45) is 6.42. The van der Waals surface area contributed by atoms with Crippen molar-refractivity contribution in [3.05, 3.63) is 51.5 Å². The summed E-state index contributed by atoms with van der Waals surface area (Å²) in [5, 5.41) is 2.93. The molecule has 3 aliphatic rings. The Kier molecular flexibility index (Phi) is 6.07. The number of amides is 2. The second-order valence-corrected chi connectivity index (χ2v) is 12.2. The highest BCUT2D eigenvalue weighted by Gasteiger charge is 2.39. The molecule has 2 aromatic rings. The van der Waals surface area contributed by atoms with E-state index in [1.807, 2.05) is 18.2 Å². The third-order valence-electron chi connectivity index (χ3n) is 6.79. The Morgan fingerprint density at radius 1 is 1.06 bits per heavy atom. The van der Waals surface area contributed by atoms with Crippen LogP contribution < -0.4 is 10.2 Å². The normalized spacial score (nSPS) is 17.4. The van der Waals surface area contributed by atoms with E-state index in [1.165, 1.54) is 11.1 Å². The highest BCUT2D eigenvalue weighted by Crippen LogP contribution is 2.41. The molecule has 1 saturated carbocycles. The lowest BCUT2D eigenvalue weighted by atomic mass is 9.90. The van der Waals surface area contributed by atoms with Crippen LogP contribution in [0.2, 0.25) is 0 Å². The third kappa shape index (κ3) is 4.60. The first kappa shape index (κ1) is 22.6. The summed E-state index contributed by atoms with van der Waals surface area (Å²) in [5.74, 6) is -0.589. The summed E-state index contributed by atoms with van der Waals surface area (Å²) in [6, 6.07) is 9.38. The number of hydrogen-bond acceptors (Lipinski definition) is 4. The Labute approximate surface area is 202 Å². The van der Waals surface area contributed by atoms with Crippen molar-refractivity contribution in [3.63, 3.8) is 0 Å². The average molecular weight is 531 g/mol. The van der Waals surface area contributed by atoms with Gasteiger partial charge in [0.05, 0.1) is 16.3 Å². The fourth-order valence-corrected chi connectivity index (χ4v) is 7.10. The van der Waals surface area contributed by atoms with Crippen molar-refractivity contribution in [1.82, 2.24) is 0 Å². The zero-order chi connectivity index (χ0) is 23.2. The molecular formula is C25H27BrN2O4S. The zero-order valence-electron chi connectivity index (χ0n) is 18.4. The van der Waals surface area contributed by atoms with Crippen molar-refractivity contribution in [2.75, 3.05) is 22.5 Å². The minimum absolute atomic E-state index is 0.0118. The van der Waals surface area contributed by atoms with Gasteiger partial charge in [0.2, 0.25) is 11.8 Å². The van der Waals surface area contributed by atoms with Gasteiger partial charge >= 0.3 is 0 Å². The molecule has 2 amide bonds. The molecule has 0 unspecified atom stereocenters. The van der Waals surface area contributed by atoms with Gasteiger partial charge in [0.15, 0.2) is 9.84 Å². The van der Waals surface area contributed by atoms with E-state index in [1.54, 1.807) is 11.0 Å². The molecule has 174 valence electrons. The number of anilines is 2. The van der Waals surface area contributed by atoms with Gasteiger partial charge in [-0.1, -0.05) is 28.1 Å². The monoisotopic (exact) mass is 530 g/mol. The maximum Gasteiger partial charge on any atom is 0.230 e. The van der Waals surface area contributed by atoms with Crippen molar-refractivity contribution in [2.45, 2.75) is 56.3 Å². The number of carbonyl (C=O) groups is 2. The van der Waals surface area contributed by atoms with Crippen LogP contribution in [0.25, 0.3) is 0 Å². The molecular weight excluding hydrogens is 504 g/mol. The average Bonchev–Trinajstić information content (AvgIpc) is 3.57. The summed E-state index contributed by atoms with van der Waals surface area (Å²) < 4.78 is 27.4. The van der Waals surface area contributed by atoms with Gasteiger partial charge < -0.3 is 10.2 Å². The van der Waals surface area contributed by atoms with Gasteiger partial charge in [-0.3, -0.25) is 9.59 Å². The van der Waals surface area contributed by atoms with E-state index in [0.717, 1.165) is 49.8 Å². The van der Waals surface area contributed by atoms with Crippen LogP contribution in [0, 0.1) is 5.92 Å². The van der Waals surface area contributed by atoms with Gasteiger partial charge in [-0.15, -0.1) is 0 Å². The molecule has 0 bridgehead atoms. The van der Waals surface area contributed by atoms with Crippen LogP contribution in [0.3, 0.4) is 0 Å². The molecule has 1 aliphatic heterocycles. The predicted molar refractivity (Wildman–Crippen MR) is 131 cm³/mol. The van der Waals surface area contributed by atoms with Crippen LogP contribution in [0.1, 0.15) is 48.8 Å². The molecule has 0 radical (unpaired) electrons. The molecule has 2 aliphatic carbocycles. The fraction of sp³-hybridized carbons (Fsp3) is 0.440. The first-order chi connectivity index (χ1) is 15.8. The molecule has 5 rings (SSSR count). The van der Waals surface area contributed by atoms with Gasteiger partial charge in [-0.05, 0) is 79.8 Å². The summed E-state index contributed by atoms with van der Waals surface area (Å²) in [5.41, 5.74) is 4.58. The quantitative estimate of drug-likeness (QED) is 0.598. The van der Waals surface area contributed by atoms with Gasteiger partial charge in [0.25, 0.3) is 0 Å². The van der Waals surface area contributed by atoms with E-state index in [-0.39, 0.29) is 34.8 Å². The summed E-state index contributed by atoms with van der Waals surface area (Å²) >= 11 is 3.42. The van der Waals surface area contributed by atoms with Crippen molar-refractivity contribution in [1.29, 1.82) is 0 Å². The second kappa shape index (κ2) is 8.87. The molecule has 1 heterocycles. The van der Waals surface area contributed by atoms with E-state index >= 15 is 0 Å². The van der Waals surface area contributed by atoms with Crippen molar-refractivity contribution < 1.29 is 18.0 Å². The predicted octanol–water partition coefficient (Wildman–Crippen LogP) is 4.43. The van der Waals surface area contributed by atoms with Crippen LogP contribution >= 0.6 is 15.9 Å². The number of nitrogens with zero attached hydrogens (tertiary/aromatic N) is 1. The minimum atomic E-state index is -3.77. The summed E-state index contributed by atoms with van der Waals surface area (Å²) in [6.45, 7) is 0.503. The number of carbonyl (C=O) groups excluding carboxylic acids is 2. The van der Waals surface area contributed by atoms with Crippen LogP contribution in [0.4, 0.5) is 11.4 Å². The fourth-order valence-electron chi connectivity index (χ4n) is 4.93. The molecule has 33 heavy (non-hydrogen) atoms. The Morgan fingerprint density at radius 2 is 1.85 bits per heavy atom. The molecule has 2 aromatic carbocycles. The first-order valence-electron chi connectivity index (χ1n) is 11.6. The van der Waals surface area contributed by atoms with E-state index in [4.69, 9.17) is 0 Å². The Hall–Kier alpha value is -2.19. The lowest BCUT2D eigenvalue weighted by molar-refractivity contribution is -0.119. The van der Waals surface area contributed by atoms with Gasteiger partial charge in [-0.25, -0.2) is 8.42 Å². The van der Waals surface area contributed by atoms with Gasteiger partial charge in [-0.2, -0.15) is 0 Å². The number of benzene rings is 2. The number of rotatable bonds is 6. The summed E-state index contributed by atoms with van der Waals surface area (Å²) in [7, 11) is -3.77. The van der Waals surface area contributed by atoms with Crippen molar-refractivity contribution in [3.8, 4) is 0 Å². The maximum atomic E-state index is 13.3. The number of nitrogens with one attached hydrogen (secondary N) is 1. The van der Waals surface area contributed by atoms with Crippen LogP contribution in [0.5, 0.6) is 0 Å². The van der Waals surface area contributed by atoms with E-state index in [2.05, 4.69) is 27.3 Å². The number of hydrogen-bond donors (Lipinski definition) is 1. The highest BCUT2D eigenvalue weighted by molar-refractivity contribution is 9.10. The molecule has 0 atom stereocenters. The van der Waals surface area contributed by atoms with Crippen LogP contribution in [-0.4, -0.2) is 32.5 Å². The third-order valence-corrected chi connectivity index (χ3v) is 8.97. The van der Waals surface area contributed by atoms with Gasteiger partial charge in [0.1, 0.15) is 0 Å². The minimum Gasteiger partial charge on any atom is -0.326 e. The molecule has 1 N–H and O–H groups in total. The number of aryl methyl sites for hydroxylation is 1. The molecule has 1 fully saturated rings. The Morgan fingerprint density at radius 3 is 2.64 bits per heavy atom. The largest absolute Gasteiger partial charge is 0.326 e. The molecule has 0 saturated heterocycles. The first-order valence-corrected chi connectivity index (χ1v) is 14.1. The summed E-state index contributed by atoms with van der Waals surface area (Å²) in [4.78, 5) is 27.3. The van der Waals surface area contributed by atoms with Crippen molar-refractivity contribution >= 4 is 49.0 Å². The smallest absolute Gasteiger partial charge is 0.230 e. The number of fused-ring (bicyclic) bond motifs is 2. The molecule has 0 spiro atoms. The lowest BCUT2D eigenvalue weighted by Crippen LogP contribution is -2.31. The molecule has 0 aromatic heterocycles. The van der Waals surface area contributed by atoms with E-state index in [0.29, 0.717) is 23.1 Å². The standard InChI is InChI=1S/C25H27BrN2O4S/c26-19-14-18-10-12-28(25(30)17-8-9-17)24(18)22(15-19)33(31,32)13-11-23(29)27-21-7-3-5-16-4-1-2-6-20(16)21/h3,5,7,14-15,17H,1-2,4,6,8-13H2,(H,27,29). The SMILES string of the molecule is O=C(CCS(=O)(=O)c1cc(Br)cc2c1N(C(=O)C1CC1)CC2)Nc1cccc2c1CCCC2. The Balaban J connectivity index is 1.34. The molecule has 6 nitrogen and oxygen atoms in total. The lowest BCUT2D eigenvalue weighted by Gasteiger charge is -2.21. The number of halogens is 1. The highest BCUT2D eigenvalue weighted by atomic mass is 79.9. The number of sulfone groups is 1. The molecule has 8 heteroatoms. The van der Waals surface area contributed by atoms with Crippen LogP contribution in [-0.2, 0) is 38.7 Å². The topological polar surface area (TPSA) is 83.6 Å². The van der Waals surface area contributed by atoms with Crippen molar-refractivity contribution in [2.24, 2.45) is 5.92 Å².